The molecule has 1 aliphatic carbocycles. The SMILES string of the molecule is C[C@H](C(=O)NC1CCCCC1)N(Cc1c(Cl)cccc1Cl)C(=O)CCCN(c1ccc(F)cc1)S(C)(=O)=O. The van der Waals surface area contributed by atoms with Gasteiger partial charge in [0.25, 0.3) is 0 Å². The minimum atomic E-state index is -3.67. The number of carbonyl (C=O) groups excluding carboxylic acids is 2. The number of nitrogens with one attached hydrogen (secondary N) is 1. The molecule has 2 aromatic carbocycles. The van der Waals surface area contributed by atoms with E-state index in [0.717, 1.165) is 42.7 Å². The van der Waals surface area contributed by atoms with Crippen molar-refractivity contribution in [3.05, 3.63) is 63.9 Å². The largest absolute Gasteiger partial charge is 0.352 e. The average Bonchev–Trinajstić information content (AvgIpc) is 2.86. The molecule has 208 valence electrons. The van der Waals surface area contributed by atoms with Crippen LogP contribution in [0.3, 0.4) is 0 Å². The van der Waals surface area contributed by atoms with Crippen LogP contribution in [-0.4, -0.2) is 50.0 Å². The number of nitrogens with zero attached hydrogens (tertiary/aromatic N) is 2. The summed E-state index contributed by atoms with van der Waals surface area (Å²) in [6.07, 6.45) is 6.32. The fourth-order valence-corrected chi connectivity index (χ4v) is 6.10. The first kappa shape index (κ1) is 30.2. The van der Waals surface area contributed by atoms with Gasteiger partial charge >= 0.3 is 0 Å². The van der Waals surface area contributed by atoms with Crippen LogP contribution >= 0.6 is 23.2 Å². The number of hydrogen-bond acceptors (Lipinski definition) is 4. The van der Waals surface area contributed by atoms with Gasteiger partial charge in [0.1, 0.15) is 11.9 Å². The van der Waals surface area contributed by atoms with Crippen LogP contribution in [0.5, 0.6) is 0 Å². The maximum Gasteiger partial charge on any atom is 0.242 e. The van der Waals surface area contributed by atoms with Gasteiger partial charge in [-0.05, 0) is 62.6 Å². The molecule has 1 fully saturated rings. The van der Waals surface area contributed by atoms with E-state index in [-0.39, 0.29) is 43.8 Å². The molecule has 7 nitrogen and oxygen atoms in total. The van der Waals surface area contributed by atoms with Crippen molar-refractivity contribution in [3.8, 4) is 0 Å². The van der Waals surface area contributed by atoms with Crippen molar-refractivity contribution in [2.75, 3.05) is 17.1 Å². The van der Waals surface area contributed by atoms with Crippen LogP contribution in [0.2, 0.25) is 10.0 Å². The second-order valence-electron chi connectivity index (χ2n) is 9.66. The van der Waals surface area contributed by atoms with Gasteiger partial charge in [-0.15, -0.1) is 0 Å². The molecular formula is C27H34Cl2FN3O4S. The molecule has 0 radical (unpaired) electrons. The van der Waals surface area contributed by atoms with Crippen LogP contribution in [0, 0.1) is 5.82 Å². The number of carbonyl (C=O) groups is 2. The molecule has 1 atom stereocenters. The van der Waals surface area contributed by atoms with Gasteiger partial charge in [-0.25, -0.2) is 12.8 Å². The van der Waals surface area contributed by atoms with Gasteiger partial charge in [-0.3, -0.25) is 13.9 Å². The van der Waals surface area contributed by atoms with E-state index in [1.165, 1.54) is 29.2 Å². The lowest BCUT2D eigenvalue weighted by atomic mass is 9.95. The number of rotatable bonds is 11. The Morgan fingerprint density at radius 3 is 2.24 bits per heavy atom. The predicted octanol–water partition coefficient (Wildman–Crippen LogP) is 5.54. The van der Waals surface area contributed by atoms with E-state index in [0.29, 0.717) is 21.3 Å². The molecule has 0 bridgehead atoms. The van der Waals surface area contributed by atoms with Gasteiger partial charge in [0.2, 0.25) is 21.8 Å². The van der Waals surface area contributed by atoms with Gasteiger partial charge in [-0.2, -0.15) is 0 Å². The van der Waals surface area contributed by atoms with Crippen molar-refractivity contribution in [1.82, 2.24) is 10.2 Å². The van der Waals surface area contributed by atoms with E-state index in [2.05, 4.69) is 5.32 Å². The zero-order chi connectivity index (χ0) is 27.9. The van der Waals surface area contributed by atoms with Crippen molar-refractivity contribution >= 4 is 50.7 Å². The minimum Gasteiger partial charge on any atom is -0.352 e. The lowest BCUT2D eigenvalue weighted by Crippen LogP contribution is -2.50. The molecule has 11 heteroatoms. The summed E-state index contributed by atoms with van der Waals surface area (Å²) in [5.41, 5.74) is 0.840. The summed E-state index contributed by atoms with van der Waals surface area (Å²) in [7, 11) is -3.67. The van der Waals surface area contributed by atoms with Crippen molar-refractivity contribution in [2.24, 2.45) is 0 Å². The quantitative estimate of drug-likeness (QED) is 0.375. The Labute approximate surface area is 234 Å². The Balaban J connectivity index is 1.75. The molecule has 1 aliphatic rings. The number of halogens is 3. The van der Waals surface area contributed by atoms with Crippen molar-refractivity contribution < 1.29 is 22.4 Å². The monoisotopic (exact) mass is 585 g/mol. The molecule has 2 amide bonds. The highest BCUT2D eigenvalue weighted by Crippen LogP contribution is 2.27. The van der Waals surface area contributed by atoms with E-state index in [1.807, 2.05) is 0 Å². The van der Waals surface area contributed by atoms with Gasteiger partial charge in [0, 0.05) is 41.2 Å². The Morgan fingerprint density at radius 2 is 1.66 bits per heavy atom. The van der Waals surface area contributed by atoms with Crippen LogP contribution in [0.25, 0.3) is 0 Å². The lowest BCUT2D eigenvalue weighted by molar-refractivity contribution is -0.141. The van der Waals surface area contributed by atoms with Gasteiger partial charge < -0.3 is 10.2 Å². The van der Waals surface area contributed by atoms with Crippen LogP contribution < -0.4 is 9.62 Å². The van der Waals surface area contributed by atoms with Gasteiger partial charge in [0.15, 0.2) is 0 Å². The normalized spacial score (nSPS) is 15.1. The first-order chi connectivity index (χ1) is 18.0. The van der Waals surface area contributed by atoms with Crippen LogP contribution in [0.4, 0.5) is 10.1 Å². The standard InChI is InChI=1S/C27H34Cl2FN3O4S/c1-19(27(35)31-21-8-4-3-5-9-21)32(18-23-24(28)10-6-11-25(23)29)26(34)12-7-17-33(38(2,36)37)22-15-13-20(30)14-16-22/h6,10-11,13-16,19,21H,3-5,7-9,12,17-18H2,1-2H3,(H,31,35)/t19-/m1/s1. The Morgan fingerprint density at radius 1 is 1.05 bits per heavy atom. The summed E-state index contributed by atoms with van der Waals surface area (Å²) >= 11 is 12.7. The van der Waals surface area contributed by atoms with Crippen LogP contribution in [-0.2, 0) is 26.2 Å². The first-order valence-electron chi connectivity index (χ1n) is 12.7. The summed E-state index contributed by atoms with van der Waals surface area (Å²) in [6, 6.07) is 9.45. The predicted molar refractivity (Wildman–Crippen MR) is 149 cm³/mol. The molecule has 3 rings (SSSR count). The van der Waals surface area contributed by atoms with Crippen LogP contribution in [0.1, 0.15) is 57.4 Å². The van der Waals surface area contributed by atoms with Crippen molar-refractivity contribution in [1.29, 1.82) is 0 Å². The summed E-state index contributed by atoms with van der Waals surface area (Å²) in [5, 5.41) is 3.84. The second-order valence-corrected chi connectivity index (χ2v) is 12.4. The summed E-state index contributed by atoms with van der Waals surface area (Å²) in [4.78, 5) is 28.1. The summed E-state index contributed by atoms with van der Waals surface area (Å²) < 4.78 is 39.2. The zero-order valence-corrected chi connectivity index (χ0v) is 24.0. The molecule has 0 aromatic heterocycles. The third-order valence-electron chi connectivity index (χ3n) is 6.78. The Hall–Kier alpha value is -2.36. The van der Waals surface area contributed by atoms with E-state index in [9.17, 15) is 22.4 Å². The smallest absolute Gasteiger partial charge is 0.242 e. The van der Waals surface area contributed by atoms with E-state index in [1.54, 1.807) is 25.1 Å². The Kier molecular flexibility index (Phi) is 10.8. The van der Waals surface area contributed by atoms with Crippen molar-refractivity contribution in [2.45, 2.75) is 70.5 Å². The highest BCUT2D eigenvalue weighted by molar-refractivity contribution is 7.92. The third-order valence-corrected chi connectivity index (χ3v) is 8.68. The van der Waals surface area contributed by atoms with E-state index < -0.39 is 21.9 Å². The molecule has 0 heterocycles. The molecular weight excluding hydrogens is 552 g/mol. The number of benzene rings is 2. The van der Waals surface area contributed by atoms with Crippen molar-refractivity contribution in [3.63, 3.8) is 0 Å². The molecule has 2 aromatic rings. The number of sulfonamides is 1. The number of anilines is 1. The zero-order valence-electron chi connectivity index (χ0n) is 21.6. The molecule has 38 heavy (non-hydrogen) atoms. The summed E-state index contributed by atoms with van der Waals surface area (Å²) in [5.74, 6) is -1.07. The molecule has 0 unspecified atom stereocenters. The number of amides is 2. The molecule has 0 spiro atoms. The third kappa shape index (κ3) is 8.32. The maximum atomic E-state index is 13.5. The highest BCUT2D eigenvalue weighted by Gasteiger charge is 2.29. The second kappa shape index (κ2) is 13.6. The molecule has 1 N–H and O–H groups in total. The minimum absolute atomic E-state index is 0.0134. The fourth-order valence-electron chi connectivity index (χ4n) is 4.62. The van der Waals surface area contributed by atoms with E-state index in [4.69, 9.17) is 23.2 Å². The molecule has 1 saturated carbocycles. The lowest BCUT2D eigenvalue weighted by Gasteiger charge is -2.32. The Bertz CT molecular complexity index is 1200. The highest BCUT2D eigenvalue weighted by atomic mass is 35.5. The fraction of sp³-hybridized carbons (Fsp3) is 0.481. The van der Waals surface area contributed by atoms with Gasteiger partial charge in [-0.1, -0.05) is 48.5 Å². The van der Waals surface area contributed by atoms with E-state index >= 15 is 0 Å². The van der Waals surface area contributed by atoms with Gasteiger partial charge in [0.05, 0.1) is 11.9 Å². The maximum absolute atomic E-state index is 13.5. The first-order valence-corrected chi connectivity index (χ1v) is 15.3. The molecule has 0 aliphatic heterocycles. The number of hydrogen-bond donors (Lipinski definition) is 1. The summed E-state index contributed by atoms with van der Waals surface area (Å²) in [6.45, 7) is 1.71. The molecule has 0 saturated heterocycles. The topological polar surface area (TPSA) is 86.8 Å². The average molecular weight is 587 g/mol. The van der Waals surface area contributed by atoms with Crippen LogP contribution in [0.15, 0.2) is 42.5 Å².